The second kappa shape index (κ2) is 9.41. The van der Waals surface area contributed by atoms with Gasteiger partial charge in [-0.2, -0.15) is 0 Å². The summed E-state index contributed by atoms with van der Waals surface area (Å²) in [5, 5.41) is 3.43. The molecule has 2 saturated heterocycles. The monoisotopic (exact) mass is 496 g/mol. The highest BCUT2D eigenvalue weighted by atomic mass is 16.5. The van der Waals surface area contributed by atoms with Crippen LogP contribution in [0.5, 0.6) is 0 Å². The number of nitrogens with zero attached hydrogens (tertiary/aromatic N) is 1. The summed E-state index contributed by atoms with van der Waals surface area (Å²) in [5.41, 5.74) is 1.87. The fourth-order valence-electron chi connectivity index (χ4n) is 5.85. The number of rotatable bonds is 6. The predicted molar refractivity (Wildman–Crippen MR) is 138 cm³/mol. The van der Waals surface area contributed by atoms with E-state index in [9.17, 15) is 19.2 Å². The average molecular weight is 497 g/mol. The maximum absolute atomic E-state index is 14.1. The molecule has 3 aromatic rings. The van der Waals surface area contributed by atoms with Gasteiger partial charge in [-0.05, 0) is 42.7 Å². The van der Waals surface area contributed by atoms with Crippen LogP contribution < -0.4 is 10.2 Å². The molecule has 0 saturated carbocycles. The molecular formula is C30H28N2O5. The Bertz CT molecular complexity index is 1400. The third kappa shape index (κ3) is 3.96. The van der Waals surface area contributed by atoms with Crippen molar-refractivity contribution in [2.45, 2.75) is 31.8 Å². The number of benzene rings is 3. The van der Waals surface area contributed by atoms with Gasteiger partial charge in [0.1, 0.15) is 5.54 Å². The zero-order valence-electron chi connectivity index (χ0n) is 20.9. The summed E-state index contributed by atoms with van der Waals surface area (Å²) in [4.78, 5) is 54.9. The van der Waals surface area contributed by atoms with E-state index in [0.717, 1.165) is 21.6 Å². The highest BCUT2D eigenvalue weighted by Crippen LogP contribution is 2.51. The Kier molecular flexibility index (Phi) is 6.25. The van der Waals surface area contributed by atoms with Gasteiger partial charge in [-0.3, -0.25) is 24.5 Å². The molecule has 37 heavy (non-hydrogen) atoms. The first kappa shape index (κ1) is 24.6. The summed E-state index contributed by atoms with van der Waals surface area (Å²) >= 11 is 0. The van der Waals surface area contributed by atoms with Gasteiger partial charge in [0.15, 0.2) is 5.78 Å². The number of hydrogen-bond acceptors (Lipinski definition) is 6. The number of fused-ring (bicyclic) bond motifs is 1. The number of imide groups is 1. The normalized spacial score (nSPS) is 24.7. The molecule has 7 heteroatoms. The van der Waals surface area contributed by atoms with E-state index < -0.39 is 41.2 Å². The molecule has 2 fully saturated rings. The molecule has 1 N–H and O–H groups in total. The molecule has 2 aliphatic rings. The van der Waals surface area contributed by atoms with Crippen LogP contribution >= 0.6 is 0 Å². The molecule has 0 spiro atoms. The molecule has 188 valence electrons. The summed E-state index contributed by atoms with van der Waals surface area (Å²) < 4.78 is 5.28. The van der Waals surface area contributed by atoms with E-state index in [1.165, 1.54) is 14.0 Å². The van der Waals surface area contributed by atoms with Crippen LogP contribution in [0, 0.1) is 18.8 Å². The van der Waals surface area contributed by atoms with Gasteiger partial charge in [-0.25, -0.2) is 4.90 Å². The molecule has 2 aliphatic heterocycles. The summed E-state index contributed by atoms with van der Waals surface area (Å²) in [6, 6.07) is 22.9. The van der Waals surface area contributed by atoms with E-state index in [1.54, 1.807) is 24.3 Å². The molecule has 0 unspecified atom stereocenters. The first-order valence-corrected chi connectivity index (χ1v) is 12.2. The van der Waals surface area contributed by atoms with Crippen LogP contribution in [0.4, 0.5) is 5.69 Å². The summed E-state index contributed by atoms with van der Waals surface area (Å²) in [6.45, 7) is 3.37. The number of anilines is 1. The lowest BCUT2D eigenvalue weighted by Crippen LogP contribution is -2.57. The number of esters is 1. The van der Waals surface area contributed by atoms with E-state index in [2.05, 4.69) is 5.32 Å². The summed E-state index contributed by atoms with van der Waals surface area (Å²) in [5.74, 6) is -3.50. The first-order chi connectivity index (χ1) is 17.8. The van der Waals surface area contributed by atoms with Gasteiger partial charge in [0, 0.05) is 18.0 Å². The number of carbonyl (C=O) groups excluding carboxylic acids is 4. The fourth-order valence-corrected chi connectivity index (χ4v) is 5.85. The molecule has 5 rings (SSSR count). The topological polar surface area (TPSA) is 92.8 Å². The Hall–Kier alpha value is -4.10. The minimum absolute atomic E-state index is 0.171. The van der Waals surface area contributed by atoms with Crippen LogP contribution in [0.25, 0.3) is 0 Å². The molecule has 0 bridgehead atoms. The van der Waals surface area contributed by atoms with E-state index in [0.29, 0.717) is 11.3 Å². The third-order valence-corrected chi connectivity index (χ3v) is 7.56. The Morgan fingerprint density at radius 2 is 1.65 bits per heavy atom. The zero-order valence-corrected chi connectivity index (χ0v) is 20.9. The predicted octanol–water partition coefficient (Wildman–Crippen LogP) is 3.80. The Labute approximate surface area is 215 Å². The van der Waals surface area contributed by atoms with Gasteiger partial charge in [-0.1, -0.05) is 66.7 Å². The van der Waals surface area contributed by atoms with Crippen molar-refractivity contribution in [2.24, 2.45) is 11.8 Å². The SMILES string of the molecule is COC(=O)[C@@]1(Cc2ccccc2)N[C@H](c2ccccc2C)[C@H]2C(=O)N(c3cccc(C(C)=O)c3)C(=O)[C@H]21. The first-order valence-electron chi connectivity index (χ1n) is 12.2. The van der Waals surface area contributed by atoms with Crippen molar-refractivity contribution in [1.82, 2.24) is 5.32 Å². The zero-order chi connectivity index (χ0) is 26.3. The highest BCUT2D eigenvalue weighted by molar-refractivity contribution is 6.24. The number of hydrogen-bond donors (Lipinski definition) is 1. The van der Waals surface area contributed by atoms with Crippen LogP contribution in [0.3, 0.4) is 0 Å². The number of amides is 2. The molecule has 0 aliphatic carbocycles. The average Bonchev–Trinajstić information content (AvgIpc) is 3.38. The van der Waals surface area contributed by atoms with Gasteiger partial charge in [0.05, 0.1) is 24.6 Å². The number of ketones is 1. The maximum atomic E-state index is 14.1. The Morgan fingerprint density at radius 3 is 2.32 bits per heavy atom. The second-order valence-electron chi connectivity index (χ2n) is 9.73. The number of ether oxygens (including phenoxy) is 1. The van der Waals surface area contributed by atoms with E-state index in [4.69, 9.17) is 4.74 Å². The maximum Gasteiger partial charge on any atom is 0.327 e. The lowest BCUT2D eigenvalue weighted by atomic mass is 9.76. The lowest BCUT2D eigenvalue weighted by molar-refractivity contribution is -0.152. The Balaban J connectivity index is 1.69. The van der Waals surface area contributed by atoms with Gasteiger partial charge in [-0.15, -0.1) is 0 Å². The number of aryl methyl sites for hydroxylation is 1. The lowest BCUT2D eigenvalue weighted by Gasteiger charge is -2.33. The van der Waals surface area contributed by atoms with Gasteiger partial charge < -0.3 is 4.74 Å². The van der Waals surface area contributed by atoms with Crippen LogP contribution in [0.2, 0.25) is 0 Å². The quantitative estimate of drug-likeness (QED) is 0.317. The Morgan fingerprint density at radius 1 is 0.946 bits per heavy atom. The van der Waals surface area contributed by atoms with Crippen LogP contribution in [-0.2, 0) is 25.5 Å². The van der Waals surface area contributed by atoms with E-state index in [1.807, 2.05) is 61.5 Å². The largest absolute Gasteiger partial charge is 0.468 e. The van der Waals surface area contributed by atoms with Crippen molar-refractivity contribution < 1.29 is 23.9 Å². The van der Waals surface area contributed by atoms with E-state index in [-0.39, 0.29) is 12.2 Å². The molecular weight excluding hydrogens is 468 g/mol. The minimum atomic E-state index is -1.46. The fraction of sp³-hybridized carbons (Fsp3) is 0.267. The van der Waals surface area contributed by atoms with Gasteiger partial charge in [0.2, 0.25) is 11.8 Å². The molecule has 4 atom stereocenters. The summed E-state index contributed by atoms with van der Waals surface area (Å²) in [6.07, 6.45) is 0.171. The van der Waals surface area contributed by atoms with Crippen molar-refractivity contribution in [3.63, 3.8) is 0 Å². The van der Waals surface area contributed by atoms with Crippen LogP contribution in [-0.4, -0.2) is 36.2 Å². The number of nitrogens with one attached hydrogen (secondary N) is 1. The highest BCUT2D eigenvalue weighted by Gasteiger charge is 2.69. The molecule has 0 radical (unpaired) electrons. The number of Topliss-reactive ketones (excluding diaryl/α,β-unsaturated/α-hetero) is 1. The van der Waals surface area contributed by atoms with Gasteiger partial charge >= 0.3 is 5.97 Å². The molecule has 3 aromatic carbocycles. The van der Waals surface area contributed by atoms with Crippen molar-refractivity contribution >= 4 is 29.3 Å². The molecule has 2 heterocycles. The van der Waals surface area contributed by atoms with Crippen molar-refractivity contribution in [1.29, 1.82) is 0 Å². The van der Waals surface area contributed by atoms with Crippen LogP contribution in [0.1, 0.15) is 40.0 Å². The van der Waals surface area contributed by atoms with E-state index >= 15 is 0 Å². The van der Waals surface area contributed by atoms with Crippen molar-refractivity contribution in [3.8, 4) is 0 Å². The minimum Gasteiger partial charge on any atom is -0.468 e. The standard InChI is InChI=1S/C30H28N2O5/c1-18-10-7-8-15-23(18)26-24-25(30(31-26,29(36)37-3)17-20-11-5-4-6-12-20)28(35)32(27(24)34)22-14-9-13-21(16-22)19(2)33/h4-16,24-26,31H,17H2,1-3H3/t24-,25-,26+,30-/m0/s1. The number of carbonyl (C=O) groups is 4. The van der Waals surface area contributed by atoms with Crippen LogP contribution in [0.15, 0.2) is 78.9 Å². The molecule has 2 amide bonds. The van der Waals surface area contributed by atoms with Crippen molar-refractivity contribution in [3.05, 3.63) is 101 Å². The molecule has 0 aromatic heterocycles. The summed E-state index contributed by atoms with van der Waals surface area (Å²) in [7, 11) is 1.29. The number of methoxy groups -OCH3 is 1. The third-order valence-electron chi connectivity index (χ3n) is 7.56. The second-order valence-corrected chi connectivity index (χ2v) is 9.73. The van der Waals surface area contributed by atoms with Crippen molar-refractivity contribution in [2.75, 3.05) is 12.0 Å². The molecule has 7 nitrogen and oxygen atoms in total. The smallest absolute Gasteiger partial charge is 0.327 e. The van der Waals surface area contributed by atoms with Gasteiger partial charge in [0.25, 0.3) is 0 Å².